The zero-order valence-electron chi connectivity index (χ0n) is 11.8. The maximum Gasteiger partial charge on any atom is 0.166 e. The highest BCUT2D eigenvalue weighted by Gasteiger charge is 2.11. The van der Waals surface area contributed by atoms with Gasteiger partial charge < -0.3 is 10.1 Å². The van der Waals surface area contributed by atoms with Crippen LogP contribution >= 0.6 is 0 Å². The van der Waals surface area contributed by atoms with Crippen molar-refractivity contribution >= 4 is 0 Å². The van der Waals surface area contributed by atoms with Crippen LogP contribution in [0.15, 0.2) is 36.4 Å². The third-order valence-corrected chi connectivity index (χ3v) is 3.09. The van der Waals surface area contributed by atoms with E-state index in [0.717, 1.165) is 24.2 Å². The molecule has 1 N–H and O–H groups in total. The first-order valence-corrected chi connectivity index (χ1v) is 6.67. The zero-order chi connectivity index (χ0) is 15.4. The molecule has 0 fully saturated rings. The van der Waals surface area contributed by atoms with E-state index in [2.05, 4.69) is 5.32 Å². The molecule has 2 nitrogen and oxygen atoms in total. The largest absolute Gasteiger partial charge is 0.454 e. The molecule has 0 aliphatic carbocycles. The van der Waals surface area contributed by atoms with Gasteiger partial charge in [0.25, 0.3) is 0 Å². The van der Waals surface area contributed by atoms with Gasteiger partial charge in [-0.2, -0.15) is 0 Å². The lowest BCUT2D eigenvalue weighted by atomic mass is 10.1. The second-order valence-corrected chi connectivity index (χ2v) is 4.65. The molecule has 0 spiro atoms. The summed E-state index contributed by atoms with van der Waals surface area (Å²) in [6.45, 7) is 4.66. The molecule has 21 heavy (non-hydrogen) atoms. The van der Waals surface area contributed by atoms with E-state index in [-0.39, 0.29) is 17.5 Å². The summed E-state index contributed by atoms with van der Waals surface area (Å²) in [4.78, 5) is 0. The summed E-state index contributed by atoms with van der Waals surface area (Å²) in [7, 11) is 0. The predicted octanol–water partition coefficient (Wildman–Crippen LogP) is 4.57. The van der Waals surface area contributed by atoms with Gasteiger partial charge >= 0.3 is 0 Å². The van der Waals surface area contributed by atoms with Crippen molar-refractivity contribution in [2.45, 2.75) is 19.9 Å². The second kappa shape index (κ2) is 6.63. The third kappa shape index (κ3) is 3.76. The van der Waals surface area contributed by atoms with E-state index in [0.29, 0.717) is 0 Å². The molecule has 1 atom stereocenters. The first-order valence-electron chi connectivity index (χ1n) is 6.67. The summed E-state index contributed by atoms with van der Waals surface area (Å²) in [6.07, 6.45) is 0. The van der Waals surface area contributed by atoms with E-state index in [1.165, 1.54) is 18.2 Å². The van der Waals surface area contributed by atoms with Gasteiger partial charge in [0.15, 0.2) is 23.2 Å². The maximum atomic E-state index is 14.0. The zero-order valence-corrected chi connectivity index (χ0v) is 11.8. The van der Waals surface area contributed by atoms with Gasteiger partial charge in [0.1, 0.15) is 5.75 Å². The van der Waals surface area contributed by atoms with Crippen LogP contribution in [0.1, 0.15) is 25.5 Å². The van der Waals surface area contributed by atoms with E-state index in [1.807, 2.05) is 13.8 Å². The van der Waals surface area contributed by atoms with E-state index < -0.39 is 17.5 Å². The van der Waals surface area contributed by atoms with E-state index >= 15 is 0 Å². The smallest absolute Gasteiger partial charge is 0.166 e. The quantitative estimate of drug-likeness (QED) is 0.872. The Bertz CT molecular complexity index is 631. The van der Waals surface area contributed by atoms with Crippen LogP contribution in [0.4, 0.5) is 13.2 Å². The normalized spacial score (nSPS) is 12.2. The molecule has 1 unspecified atom stereocenters. The minimum atomic E-state index is -1.04. The standard InChI is InChI=1S/C16H16F3NO/c1-3-20-10(2)11-4-7-16(15(19)8-11)21-12-5-6-13(17)14(18)9-12/h4-10,20H,3H2,1-2H3. The molecule has 0 saturated heterocycles. The molecule has 0 aromatic heterocycles. The van der Waals surface area contributed by atoms with Gasteiger partial charge in [-0.15, -0.1) is 0 Å². The van der Waals surface area contributed by atoms with Crippen molar-refractivity contribution in [3.05, 3.63) is 59.4 Å². The summed E-state index contributed by atoms with van der Waals surface area (Å²) < 4.78 is 45.1. The second-order valence-electron chi connectivity index (χ2n) is 4.65. The molecular weight excluding hydrogens is 279 g/mol. The Morgan fingerprint density at radius 2 is 1.76 bits per heavy atom. The third-order valence-electron chi connectivity index (χ3n) is 3.09. The average Bonchev–Trinajstić information content (AvgIpc) is 2.45. The summed E-state index contributed by atoms with van der Waals surface area (Å²) in [5.74, 6) is -2.56. The molecular formula is C16H16F3NO. The number of hydrogen-bond donors (Lipinski definition) is 1. The molecule has 112 valence electrons. The van der Waals surface area contributed by atoms with E-state index in [1.54, 1.807) is 6.07 Å². The fourth-order valence-corrected chi connectivity index (χ4v) is 1.96. The van der Waals surface area contributed by atoms with Crippen LogP contribution in [0.25, 0.3) is 0 Å². The fourth-order valence-electron chi connectivity index (χ4n) is 1.96. The minimum Gasteiger partial charge on any atom is -0.454 e. The predicted molar refractivity (Wildman–Crippen MR) is 74.9 cm³/mol. The first kappa shape index (κ1) is 15.4. The Kier molecular flexibility index (Phi) is 4.85. The maximum absolute atomic E-state index is 14.0. The number of rotatable bonds is 5. The Balaban J connectivity index is 2.19. The molecule has 0 aliphatic rings. The van der Waals surface area contributed by atoms with Crippen LogP contribution in [0.3, 0.4) is 0 Å². The Morgan fingerprint density at radius 1 is 1.00 bits per heavy atom. The first-order chi connectivity index (χ1) is 10.0. The van der Waals surface area contributed by atoms with Crippen molar-refractivity contribution in [2.24, 2.45) is 0 Å². The van der Waals surface area contributed by atoms with Gasteiger partial charge in [0.2, 0.25) is 0 Å². The molecule has 0 amide bonds. The lowest BCUT2D eigenvalue weighted by molar-refractivity contribution is 0.431. The molecule has 0 radical (unpaired) electrons. The van der Waals surface area contributed by atoms with Crippen molar-refractivity contribution in [3.63, 3.8) is 0 Å². The van der Waals surface area contributed by atoms with Gasteiger partial charge in [-0.1, -0.05) is 13.0 Å². The lowest BCUT2D eigenvalue weighted by Gasteiger charge is -2.14. The van der Waals surface area contributed by atoms with Gasteiger partial charge in [0.05, 0.1) is 0 Å². The fraction of sp³-hybridized carbons (Fsp3) is 0.250. The SMILES string of the molecule is CCNC(C)c1ccc(Oc2ccc(F)c(F)c2)c(F)c1. The van der Waals surface area contributed by atoms with Crippen molar-refractivity contribution in [1.29, 1.82) is 0 Å². The van der Waals surface area contributed by atoms with Crippen molar-refractivity contribution < 1.29 is 17.9 Å². The molecule has 0 saturated carbocycles. The highest BCUT2D eigenvalue weighted by Crippen LogP contribution is 2.27. The van der Waals surface area contributed by atoms with Gasteiger partial charge in [-0.05, 0) is 43.3 Å². The summed E-state index contributed by atoms with van der Waals surface area (Å²) >= 11 is 0. The lowest BCUT2D eigenvalue weighted by Crippen LogP contribution is -2.17. The van der Waals surface area contributed by atoms with Crippen molar-refractivity contribution in [2.75, 3.05) is 6.54 Å². The van der Waals surface area contributed by atoms with Gasteiger partial charge in [-0.25, -0.2) is 13.2 Å². The summed E-state index contributed by atoms with van der Waals surface area (Å²) in [5.41, 5.74) is 0.784. The Labute approximate surface area is 121 Å². The van der Waals surface area contributed by atoms with Crippen molar-refractivity contribution in [3.8, 4) is 11.5 Å². The van der Waals surface area contributed by atoms with Crippen LogP contribution in [0.2, 0.25) is 0 Å². The number of nitrogens with one attached hydrogen (secondary N) is 1. The molecule has 0 aliphatic heterocycles. The molecule has 0 heterocycles. The molecule has 2 rings (SSSR count). The monoisotopic (exact) mass is 295 g/mol. The van der Waals surface area contributed by atoms with Crippen LogP contribution in [-0.4, -0.2) is 6.54 Å². The van der Waals surface area contributed by atoms with Gasteiger partial charge in [0, 0.05) is 12.1 Å². The molecule has 0 bridgehead atoms. The topological polar surface area (TPSA) is 21.3 Å². The van der Waals surface area contributed by atoms with Gasteiger partial charge in [-0.3, -0.25) is 0 Å². The number of ether oxygens (including phenoxy) is 1. The Morgan fingerprint density at radius 3 is 2.38 bits per heavy atom. The highest BCUT2D eigenvalue weighted by atomic mass is 19.2. The molecule has 2 aromatic rings. The molecule has 2 aromatic carbocycles. The summed E-state index contributed by atoms with van der Waals surface area (Å²) in [6, 6.07) is 7.64. The summed E-state index contributed by atoms with van der Waals surface area (Å²) in [5, 5.41) is 3.17. The number of benzene rings is 2. The van der Waals surface area contributed by atoms with Crippen LogP contribution < -0.4 is 10.1 Å². The van der Waals surface area contributed by atoms with Crippen LogP contribution in [0.5, 0.6) is 11.5 Å². The van der Waals surface area contributed by atoms with E-state index in [4.69, 9.17) is 4.74 Å². The number of halogens is 3. The minimum absolute atomic E-state index is 0.0156. The van der Waals surface area contributed by atoms with E-state index in [9.17, 15) is 13.2 Å². The van der Waals surface area contributed by atoms with Crippen LogP contribution in [-0.2, 0) is 0 Å². The van der Waals surface area contributed by atoms with Crippen LogP contribution in [0, 0.1) is 17.5 Å². The highest BCUT2D eigenvalue weighted by molar-refractivity contribution is 5.35. The average molecular weight is 295 g/mol. The van der Waals surface area contributed by atoms with Crippen molar-refractivity contribution in [1.82, 2.24) is 5.32 Å². The molecule has 5 heteroatoms. The Hall–Kier alpha value is -2.01. The number of hydrogen-bond acceptors (Lipinski definition) is 2.